The number of carbonyl (C=O) groups is 1. The zero-order valence-electron chi connectivity index (χ0n) is 18.9. The van der Waals surface area contributed by atoms with Gasteiger partial charge in [-0.3, -0.25) is 9.69 Å². The molecule has 32 heavy (non-hydrogen) atoms. The molecular formula is C24H32ClN3O3S. The van der Waals surface area contributed by atoms with Crippen LogP contribution in [-0.4, -0.2) is 37.9 Å². The lowest BCUT2D eigenvalue weighted by Gasteiger charge is -2.33. The summed E-state index contributed by atoms with van der Waals surface area (Å²) in [5.74, 6) is -0.414. The quantitative estimate of drug-likeness (QED) is 0.593. The van der Waals surface area contributed by atoms with Crippen molar-refractivity contribution in [2.24, 2.45) is 0 Å². The molecule has 1 aliphatic heterocycles. The van der Waals surface area contributed by atoms with Crippen molar-refractivity contribution in [1.82, 2.24) is 14.9 Å². The Morgan fingerprint density at radius 1 is 1.12 bits per heavy atom. The van der Waals surface area contributed by atoms with Crippen LogP contribution in [0.1, 0.15) is 61.5 Å². The number of halogens is 1. The molecule has 1 saturated heterocycles. The van der Waals surface area contributed by atoms with Crippen molar-refractivity contribution in [1.29, 1.82) is 0 Å². The molecule has 0 saturated carbocycles. The fraction of sp³-hybridized carbons (Fsp3) is 0.458. The van der Waals surface area contributed by atoms with Crippen LogP contribution in [0.4, 0.5) is 0 Å². The molecule has 8 heteroatoms. The third-order valence-corrected chi connectivity index (χ3v) is 7.67. The van der Waals surface area contributed by atoms with Gasteiger partial charge in [0, 0.05) is 25.2 Å². The summed E-state index contributed by atoms with van der Waals surface area (Å²) in [7, 11) is -3.71. The number of nitrogens with zero attached hydrogens (tertiary/aromatic N) is 1. The first kappa shape index (κ1) is 24.7. The third-order valence-electron chi connectivity index (χ3n) is 5.69. The third kappa shape index (κ3) is 6.54. The number of benzene rings is 2. The molecule has 1 heterocycles. The molecule has 1 amide bonds. The van der Waals surface area contributed by atoms with Gasteiger partial charge in [0.25, 0.3) is 5.91 Å². The lowest BCUT2D eigenvalue weighted by atomic mass is 10.0. The minimum Gasteiger partial charge on any atom is -0.348 e. The second-order valence-electron chi connectivity index (χ2n) is 8.73. The van der Waals surface area contributed by atoms with Gasteiger partial charge in [-0.15, -0.1) is 0 Å². The Hall–Kier alpha value is -1.93. The van der Waals surface area contributed by atoms with E-state index in [1.54, 1.807) is 13.8 Å². The number of likely N-dealkylation sites (tertiary alicyclic amines) is 1. The van der Waals surface area contributed by atoms with Crippen molar-refractivity contribution < 1.29 is 13.2 Å². The van der Waals surface area contributed by atoms with E-state index in [0.717, 1.165) is 18.7 Å². The average Bonchev–Trinajstić information content (AvgIpc) is 2.74. The summed E-state index contributed by atoms with van der Waals surface area (Å²) in [4.78, 5) is 15.2. The highest BCUT2D eigenvalue weighted by Crippen LogP contribution is 2.22. The van der Waals surface area contributed by atoms with Crippen LogP contribution in [0.15, 0.2) is 47.4 Å². The van der Waals surface area contributed by atoms with E-state index in [1.165, 1.54) is 43.0 Å². The molecule has 2 aromatic carbocycles. The van der Waals surface area contributed by atoms with Crippen LogP contribution < -0.4 is 10.0 Å². The van der Waals surface area contributed by atoms with Crippen LogP contribution in [0.3, 0.4) is 0 Å². The van der Waals surface area contributed by atoms with E-state index in [-0.39, 0.29) is 21.5 Å². The van der Waals surface area contributed by atoms with E-state index in [0.29, 0.717) is 12.6 Å². The number of nitrogens with one attached hydrogen (secondary N) is 2. The maximum atomic E-state index is 12.7. The number of hydrogen-bond donors (Lipinski definition) is 2. The first-order valence-electron chi connectivity index (χ1n) is 11.1. The van der Waals surface area contributed by atoms with Crippen LogP contribution in [0.2, 0.25) is 5.02 Å². The number of hydrogen-bond acceptors (Lipinski definition) is 4. The molecule has 0 aromatic heterocycles. The molecule has 3 rings (SSSR count). The van der Waals surface area contributed by atoms with Crippen molar-refractivity contribution in [3.05, 3.63) is 64.2 Å². The van der Waals surface area contributed by atoms with E-state index < -0.39 is 15.9 Å². The number of piperidine rings is 1. The van der Waals surface area contributed by atoms with E-state index in [1.807, 2.05) is 12.1 Å². The summed E-state index contributed by atoms with van der Waals surface area (Å²) in [5, 5.41) is 3.04. The van der Waals surface area contributed by atoms with Crippen LogP contribution in [0.25, 0.3) is 0 Å². The molecule has 1 aliphatic rings. The minimum atomic E-state index is -3.71. The van der Waals surface area contributed by atoms with Crippen molar-refractivity contribution in [3.63, 3.8) is 0 Å². The first-order chi connectivity index (χ1) is 15.2. The van der Waals surface area contributed by atoms with Gasteiger partial charge < -0.3 is 5.32 Å². The van der Waals surface area contributed by atoms with Crippen molar-refractivity contribution in [2.45, 2.75) is 70.1 Å². The topological polar surface area (TPSA) is 78.5 Å². The number of carbonyl (C=O) groups excluding carboxylic acids is 1. The van der Waals surface area contributed by atoms with Gasteiger partial charge in [-0.25, -0.2) is 13.1 Å². The molecule has 1 unspecified atom stereocenters. The molecule has 0 aliphatic carbocycles. The molecule has 2 aromatic rings. The smallest absolute Gasteiger partial charge is 0.253 e. The molecule has 6 nitrogen and oxygen atoms in total. The van der Waals surface area contributed by atoms with Gasteiger partial charge >= 0.3 is 0 Å². The predicted octanol–water partition coefficient (Wildman–Crippen LogP) is 4.33. The molecule has 0 bridgehead atoms. The van der Waals surface area contributed by atoms with E-state index >= 15 is 0 Å². The fourth-order valence-corrected chi connectivity index (χ4v) is 5.37. The Labute approximate surface area is 196 Å². The minimum absolute atomic E-state index is 0.0112. The lowest BCUT2D eigenvalue weighted by Crippen LogP contribution is -2.36. The second-order valence-corrected chi connectivity index (χ2v) is 10.9. The van der Waals surface area contributed by atoms with E-state index in [4.69, 9.17) is 11.6 Å². The zero-order chi connectivity index (χ0) is 23.3. The van der Waals surface area contributed by atoms with Gasteiger partial charge in [-0.2, -0.15) is 0 Å². The Morgan fingerprint density at radius 2 is 1.81 bits per heavy atom. The van der Waals surface area contributed by atoms with Crippen LogP contribution in [0.5, 0.6) is 0 Å². The first-order valence-corrected chi connectivity index (χ1v) is 12.9. The van der Waals surface area contributed by atoms with E-state index in [9.17, 15) is 13.2 Å². The number of sulfonamides is 1. The van der Waals surface area contributed by atoms with Crippen molar-refractivity contribution >= 4 is 27.5 Å². The highest BCUT2D eigenvalue weighted by atomic mass is 35.5. The fourth-order valence-electron chi connectivity index (χ4n) is 3.89. The Balaban J connectivity index is 1.62. The maximum absolute atomic E-state index is 12.7. The van der Waals surface area contributed by atoms with Crippen LogP contribution in [-0.2, 0) is 23.1 Å². The molecule has 0 spiro atoms. The number of amides is 1. The molecular weight excluding hydrogens is 446 g/mol. The Bertz CT molecular complexity index is 1040. The Kier molecular flexibility index (Phi) is 8.33. The summed E-state index contributed by atoms with van der Waals surface area (Å²) >= 11 is 6.17. The number of rotatable bonds is 8. The monoisotopic (exact) mass is 477 g/mol. The standard InChI is InChI=1S/C24H32ClN3O3S/c1-17(2)27-32(30,31)21-11-12-23(25)22(14-21)24(29)26-15-19-7-9-20(10-8-19)16-28-13-5-4-6-18(28)3/h7-12,14,17-18,27H,4-6,13,15-16H2,1-3H3,(H,26,29). The van der Waals surface area contributed by atoms with Gasteiger partial charge in [-0.05, 0) is 69.5 Å². The SMILES string of the molecule is CC(C)NS(=O)(=O)c1ccc(Cl)c(C(=O)NCc2ccc(CN3CCCCC3C)cc2)c1. The van der Waals surface area contributed by atoms with E-state index in [2.05, 4.69) is 34.0 Å². The molecule has 1 fully saturated rings. The summed E-state index contributed by atoms with van der Waals surface area (Å²) in [6.07, 6.45) is 3.82. The predicted molar refractivity (Wildman–Crippen MR) is 128 cm³/mol. The normalized spacial score (nSPS) is 17.5. The van der Waals surface area contributed by atoms with Gasteiger partial charge in [-0.1, -0.05) is 42.3 Å². The average molecular weight is 478 g/mol. The van der Waals surface area contributed by atoms with Gasteiger partial charge in [0.15, 0.2) is 0 Å². The second kappa shape index (κ2) is 10.8. The van der Waals surface area contributed by atoms with Gasteiger partial charge in [0.1, 0.15) is 0 Å². The highest BCUT2D eigenvalue weighted by molar-refractivity contribution is 7.89. The van der Waals surface area contributed by atoms with Crippen LogP contribution in [0, 0.1) is 0 Å². The van der Waals surface area contributed by atoms with Crippen molar-refractivity contribution in [3.8, 4) is 0 Å². The van der Waals surface area contributed by atoms with Gasteiger partial charge in [0.05, 0.1) is 15.5 Å². The molecule has 1 atom stereocenters. The van der Waals surface area contributed by atoms with Gasteiger partial charge in [0.2, 0.25) is 10.0 Å². The molecule has 0 radical (unpaired) electrons. The summed E-state index contributed by atoms with van der Waals surface area (Å²) < 4.78 is 27.3. The lowest BCUT2D eigenvalue weighted by molar-refractivity contribution is 0.0951. The summed E-state index contributed by atoms with van der Waals surface area (Å²) in [6, 6.07) is 12.7. The molecule has 2 N–H and O–H groups in total. The molecule has 174 valence electrons. The maximum Gasteiger partial charge on any atom is 0.253 e. The summed E-state index contributed by atoms with van der Waals surface area (Å²) in [5.41, 5.74) is 2.36. The Morgan fingerprint density at radius 3 is 2.47 bits per heavy atom. The largest absolute Gasteiger partial charge is 0.348 e. The highest BCUT2D eigenvalue weighted by Gasteiger charge is 2.20. The van der Waals surface area contributed by atoms with Crippen molar-refractivity contribution in [2.75, 3.05) is 6.54 Å². The van der Waals surface area contributed by atoms with Crippen LogP contribution >= 0.6 is 11.6 Å². The zero-order valence-corrected chi connectivity index (χ0v) is 20.5. The summed E-state index contributed by atoms with van der Waals surface area (Å²) in [6.45, 7) is 8.17.